The number of carbonyl (C=O) groups excluding carboxylic acids is 1. The zero-order valence-corrected chi connectivity index (χ0v) is 18.8. The molecule has 0 saturated carbocycles. The number of fused-ring (bicyclic) bond motifs is 1. The van der Waals surface area contributed by atoms with Gasteiger partial charge in [0.2, 0.25) is 0 Å². The van der Waals surface area contributed by atoms with Gasteiger partial charge in [-0.3, -0.25) is 13.9 Å². The Balaban J connectivity index is 2.11. The van der Waals surface area contributed by atoms with Crippen LogP contribution in [0.5, 0.6) is 0 Å². The molecular formula is C21H18Cl2N2O6S. The highest BCUT2D eigenvalue weighted by atomic mass is 35.5. The van der Waals surface area contributed by atoms with E-state index in [9.17, 15) is 23.1 Å². The van der Waals surface area contributed by atoms with Crippen LogP contribution in [0.4, 0.5) is 5.69 Å². The van der Waals surface area contributed by atoms with Gasteiger partial charge in [0.25, 0.3) is 15.9 Å². The number of aliphatic carboxylic acids is 1. The number of rotatable bonds is 8. The topological polar surface area (TPSA) is 124 Å². The van der Waals surface area contributed by atoms with Crippen molar-refractivity contribution >= 4 is 61.6 Å². The molecule has 0 spiro atoms. The average molecular weight is 497 g/mol. The quantitative estimate of drug-likeness (QED) is 0.439. The van der Waals surface area contributed by atoms with Crippen molar-refractivity contribution in [3.05, 3.63) is 70.2 Å². The molecule has 0 aliphatic carbocycles. The Bertz CT molecular complexity index is 1280. The van der Waals surface area contributed by atoms with Crippen LogP contribution in [-0.4, -0.2) is 50.2 Å². The first-order valence-corrected chi connectivity index (χ1v) is 11.5. The van der Waals surface area contributed by atoms with E-state index in [0.717, 1.165) is 4.31 Å². The number of benzene rings is 3. The first kappa shape index (κ1) is 23.8. The maximum Gasteiger partial charge on any atom is 0.324 e. The lowest BCUT2D eigenvalue weighted by atomic mass is 10.0. The molecule has 0 radical (unpaired) electrons. The molecule has 1 amide bonds. The number of carboxylic acid groups (broad SMARTS) is 1. The zero-order valence-electron chi connectivity index (χ0n) is 16.5. The second-order valence-corrected chi connectivity index (χ2v) is 9.44. The van der Waals surface area contributed by atoms with Gasteiger partial charge in [-0.1, -0.05) is 41.4 Å². The lowest BCUT2D eigenvalue weighted by Crippen LogP contribution is -2.35. The van der Waals surface area contributed by atoms with Gasteiger partial charge in [-0.2, -0.15) is 0 Å². The minimum atomic E-state index is -4.32. The van der Waals surface area contributed by atoms with E-state index in [0.29, 0.717) is 16.3 Å². The normalized spacial score (nSPS) is 11.3. The molecule has 0 saturated heterocycles. The van der Waals surface area contributed by atoms with E-state index in [2.05, 4.69) is 5.32 Å². The molecule has 3 rings (SSSR count). The lowest BCUT2D eigenvalue weighted by molar-refractivity contribution is -0.135. The Morgan fingerprint density at radius 3 is 2.31 bits per heavy atom. The number of nitrogens with zero attached hydrogens (tertiary/aromatic N) is 1. The fraction of sp³-hybridized carbons (Fsp3) is 0.143. The molecule has 32 heavy (non-hydrogen) atoms. The third-order valence-electron chi connectivity index (χ3n) is 4.50. The van der Waals surface area contributed by atoms with Crippen LogP contribution in [0.2, 0.25) is 10.0 Å². The monoisotopic (exact) mass is 496 g/mol. The van der Waals surface area contributed by atoms with Crippen LogP contribution >= 0.6 is 23.2 Å². The second kappa shape index (κ2) is 9.74. The number of hydrogen-bond donors (Lipinski definition) is 3. The highest BCUT2D eigenvalue weighted by Gasteiger charge is 2.28. The fourth-order valence-electron chi connectivity index (χ4n) is 3.13. The van der Waals surface area contributed by atoms with Gasteiger partial charge < -0.3 is 15.5 Å². The SMILES string of the molecule is O=C(O)CN(c1ccc2c(C(=O)NCCO)cccc2c1)S(=O)(=O)c1cc(Cl)cc(Cl)c1. The average Bonchev–Trinajstić information content (AvgIpc) is 2.74. The summed E-state index contributed by atoms with van der Waals surface area (Å²) in [6.45, 7) is -0.967. The highest BCUT2D eigenvalue weighted by molar-refractivity contribution is 7.92. The summed E-state index contributed by atoms with van der Waals surface area (Å²) in [5.74, 6) is -1.76. The minimum Gasteiger partial charge on any atom is -0.480 e. The maximum atomic E-state index is 13.3. The van der Waals surface area contributed by atoms with Crippen molar-refractivity contribution in [3.8, 4) is 0 Å². The van der Waals surface area contributed by atoms with Crippen LogP contribution in [0, 0.1) is 0 Å². The van der Waals surface area contributed by atoms with Crippen LogP contribution in [0.3, 0.4) is 0 Å². The molecule has 8 nitrogen and oxygen atoms in total. The number of carbonyl (C=O) groups is 2. The number of halogens is 2. The Labute approximate surface area is 194 Å². The fourth-order valence-corrected chi connectivity index (χ4v) is 5.26. The number of amides is 1. The summed E-state index contributed by atoms with van der Waals surface area (Å²) in [5, 5.41) is 22.0. The second-order valence-electron chi connectivity index (χ2n) is 6.70. The van der Waals surface area contributed by atoms with Crippen molar-refractivity contribution in [2.45, 2.75) is 4.90 Å². The molecule has 3 aromatic rings. The largest absolute Gasteiger partial charge is 0.480 e. The van der Waals surface area contributed by atoms with E-state index in [1.54, 1.807) is 18.2 Å². The summed E-state index contributed by atoms with van der Waals surface area (Å²) in [6.07, 6.45) is 0. The number of nitrogens with one attached hydrogen (secondary N) is 1. The first-order chi connectivity index (χ1) is 15.1. The van der Waals surface area contributed by atoms with E-state index >= 15 is 0 Å². The Kier molecular flexibility index (Phi) is 7.25. The summed E-state index contributed by atoms with van der Waals surface area (Å²) in [5.41, 5.74) is 0.417. The number of aliphatic hydroxyl groups excluding tert-OH is 1. The van der Waals surface area contributed by atoms with Crippen LogP contribution in [0.1, 0.15) is 10.4 Å². The molecular weight excluding hydrogens is 479 g/mol. The van der Waals surface area contributed by atoms with E-state index in [-0.39, 0.29) is 33.8 Å². The van der Waals surface area contributed by atoms with Gasteiger partial charge in [0.15, 0.2) is 0 Å². The van der Waals surface area contributed by atoms with E-state index in [1.165, 1.54) is 36.4 Å². The predicted molar refractivity (Wildman–Crippen MR) is 122 cm³/mol. The van der Waals surface area contributed by atoms with Gasteiger partial charge >= 0.3 is 5.97 Å². The number of hydrogen-bond acceptors (Lipinski definition) is 5. The smallest absolute Gasteiger partial charge is 0.324 e. The molecule has 11 heteroatoms. The minimum absolute atomic E-state index is 0.0835. The van der Waals surface area contributed by atoms with Crippen molar-refractivity contribution < 1.29 is 28.2 Å². The number of sulfonamides is 1. The van der Waals surface area contributed by atoms with Gasteiger partial charge in [-0.05, 0) is 47.2 Å². The Morgan fingerprint density at radius 1 is 1.00 bits per heavy atom. The van der Waals surface area contributed by atoms with Crippen LogP contribution in [0.15, 0.2) is 59.5 Å². The highest BCUT2D eigenvalue weighted by Crippen LogP contribution is 2.31. The third-order valence-corrected chi connectivity index (χ3v) is 6.68. The van der Waals surface area contributed by atoms with Gasteiger partial charge in [0.1, 0.15) is 6.54 Å². The summed E-state index contributed by atoms with van der Waals surface area (Å²) in [4.78, 5) is 23.6. The maximum absolute atomic E-state index is 13.3. The summed E-state index contributed by atoms with van der Waals surface area (Å²) in [6, 6.07) is 13.0. The number of anilines is 1. The predicted octanol–water partition coefficient (Wildman–Crippen LogP) is 3.15. The molecule has 0 bridgehead atoms. The van der Waals surface area contributed by atoms with Crippen molar-refractivity contribution in [2.75, 3.05) is 24.0 Å². The van der Waals surface area contributed by atoms with E-state index < -0.39 is 28.4 Å². The van der Waals surface area contributed by atoms with Crippen molar-refractivity contribution in [1.82, 2.24) is 5.32 Å². The Morgan fingerprint density at radius 2 is 1.69 bits per heavy atom. The molecule has 168 valence electrons. The van der Waals surface area contributed by atoms with Crippen molar-refractivity contribution in [2.24, 2.45) is 0 Å². The van der Waals surface area contributed by atoms with Crippen molar-refractivity contribution in [1.29, 1.82) is 0 Å². The Hall–Kier alpha value is -2.85. The number of carboxylic acids is 1. The molecule has 0 fully saturated rings. The summed E-state index contributed by atoms with van der Waals surface area (Å²) in [7, 11) is -4.32. The van der Waals surface area contributed by atoms with Crippen LogP contribution in [0.25, 0.3) is 10.8 Å². The standard InChI is InChI=1S/C21H18Cl2N2O6S/c22-14-9-15(23)11-17(10-14)32(30,31)25(12-20(27)28)16-4-5-18-13(8-16)2-1-3-19(18)21(29)24-6-7-26/h1-5,8-11,26H,6-7,12H2,(H,24,29)(H,27,28). The van der Waals surface area contributed by atoms with Gasteiger partial charge in [-0.15, -0.1) is 0 Å². The van der Waals surface area contributed by atoms with Gasteiger partial charge in [-0.25, -0.2) is 8.42 Å². The first-order valence-electron chi connectivity index (χ1n) is 9.26. The van der Waals surface area contributed by atoms with Gasteiger partial charge in [0.05, 0.1) is 17.2 Å². The molecule has 0 unspecified atom stereocenters. The molecule has 3 aromatic carbocycles. The van der Waals surface area contributed by atoms with E-state index in [4.69, 9.17) is 28.3 Å². The molecule has 0 heterocycles. The molecule has 3 N–H and O–H groups in total. The van der Waals surface area contributed by atoms with E-state index in [1.807, 2.05) is 0 Å². The molecule has 0 aliphatic heterocycles. The third kappa shape index (κ3) is 5.13. The van der Waals surface area contributed by atoms with Gasteiger partial charge in [0, 0.05) is 22.2 Å². The zero-order chi connectivity index (χ0) is 23.5. The van der Waals surface area contributed by atoms with Crippen LogP contribution in [-0.2, 0) is 14.8 Å². The number of aliphatic hydroxyl groups is 1. The summed E-state index contributed by atoms with van der Waals surface area (Å²) >= 11 is 11.9. The van der Waals surface area contributed by atoms with Crippen LogP contribution < -0.4 is 9.62 Å². The summed E-state index contributed by atoms with van der Waals surface area (Å²) < 4.78 is 27.3. The molecule has 0 aromatic heterocycles. The lowest BCUT2D eigenvalue weighted by Gasteiger charge is -2.23. The van der Waals surface area contributed by atoms with Crippen molar-refractivity contribution in [3.63, 3.8) is 0 Å². The molecule has 0 aliphatic rings. The molecule has 0 atom stereocenters.